The zero-order valence-corrected chi connectivity index (χ0v) is 11.0. The van der Waals surface area contributed by atoms with Crippen LogP contribution in [0.15, 0.2) is 36.8 Å². The standard InChI is InChI=1S/C15H18N2O2/c1-19-15-5-3-2-4-11(15)8-14(18)13-9-16-10-17(13)12-6-7-12/h2-5,9-10,12,14,18H,6-8H2,1H3. The summed E-state index contributed by atoms with van der Waals surface area (Å²) in [5.74, 6) is 0.819. The summed E-state index contributed by atoms with van der Waals surface area (Å²) >= 11 is 0. The number of nitrogens with zero attached hydrogens (tertiary/aromatic N) is 2. The molecule has 1 aromatic carbocycles. The lowest BCUT2D eigenvalue weighted by molar-refractivity contribution is 0.167. The Labute approximate surface area is 112 Å². The van der Waals surface area contributed by atoms with E-state index in [-0.39, 0.29) is 0 Å². The van der Waals surface area contributed by atoms with Gasteiger partial charge in [-0.15, -0.1) is 0 Å². The first kappa shape index (κ1) is 12.2. The predicted octanol–water partition coefficient (Wildman–Crippen LogP) is 2.50. The van der Waals surface area contributed by atoms with E-state index >= 15 is 0 Å². The van der Waals surface area contributed by atoms with Gasteiger partial charge in [0.15, 0.2) is 0 Å². The Morgan fingerprint density at radius 1 is 1.42 bits per heavy atom. The molecule has 0 amide bonds. The van der Waals surface area contributed by atoms with Crippen LogP contribution in [0, 0.1) is 0 Å². The first-order chi connectivity index (χ1) is 9.29. The number of aliphatic hydroxyl groups is 1. The average Bonchev–Trinajstić information content (AvgIpc) is 3.16. The number of hydrogen-bond donors (Lipinski definition) is 1. The Hall–Kier alpha value is -1.81. The number of imidazole rings is 1. The molecule has 1 aliphatic rings. The Bertz CT molecular complexity index is 561. The zero-order chi connectivity index (χ0) is 13.2. The van der Waals surface area contributed by atoms with Crippen LogP contribution < -0.4 is 4.74 Å². The first-order valence-electron chi connectivity index (χ1n) is 6.61. The second-order valence-corrected chi connectivity index (χ2v) is 4.99. The third-order valence-electron chi connectivity index (χ3n) is 3.58. The normalized spacial score (nSPS) is 16.3. The molecule has 1 heterocycles. The van der Waals surface area contributed by atoms with E-state index in [1.54, 1.807) is 13.3 Å². The molecule has 3 rings (SSSR count). The molecule has 0 saturated heterocycles. The van der Waals surface area contributed by atoms with Crippen molar-refractivity contribution in [2.45, 2.75) is 31.4 Å². The van der Waals surface area contributed by atoms with Crippen molar-refractivity contribution in [1.29, 1.82) is 0 Å². The van der Waals surface area contributed by atoms with E-state index in [4.69, 9.17) is 4.74 Å². The molecule has 1 aliphatic carbocycles. The highest BCUT2D eigenvalue weighted by molar-refractivity contribution is 5.34. The van der Waals surface area contributed by atoms with Crippen molar-refractivity contribution in [3.63, 3.8) is 0 Å². The Morgan fingerprint density at radius 3 is 2.95 bits per heavy atom. The van der Waals surface area contributed by atoms with Gasteiger partial charge in [-0.2, -0.15) is 0 Å². The molecule has 0 aliphatic heterocycles. The molecule has 0 spiro atoms. The first-order valence-corrected chi connectivity index (χ1v) is 6.61. The maximum atomic E-state index is 10.4. The van der Waals surface area contributed by atoms with E-state index in [9.17, 15) is 5.11 Å². The van der Waals surface area contributed by atoms with Crippen molar-refractivity contribution in [2.24, 2.45) is 0 Å². The maximum absolute atomic E-state index is 10.4. The predicted molar refractivity (Wildman–Crippen MR) is 72.2 cm³/mol. The number of ether oxygens (including phenoxy) is 1. The van der Waals surface area contributed by atoms with Gasteiger partial charge < -0.3 is 14.4 Å². The molecule has 2 aromatic rings. The Kier molecular flexibility index (Phi) is 3.25. The number of methoxy groups -OCH3 is 1. The minimum atomic E-state index is -0.542. The van der Waals surface area contributed by atoms with Crippen molar-refractivity contribution in [1.82, 2.24) is 9.55 Å². The van der Waals surface area contributed by atoms with E-state index in [1.165, 1.54) is 12.8 Å². The fraction of sp³-hybridized carbons (Fsp3) is 0.400. The fourth-order valence-electron chi connectivity index (χ4n) is 2.42. The van der Waals surface area contributed by atoms with Gasteiger partial charge in [0.25, 0.3) is 0 Å². The van der Waals surface area contributed by atoms with Crippen molar-refractivity contribution < 1.29 is 9.84 Å². The van der Waals surface area contributed by atoms with Gasteiger partial charge in [-0.1, -0.05) is 18.2 Å². The minimum absolute atomic E-state index is 0.532. The van der Waals surface area contributed by atoms with E-state index in [0.29, 0.717) is 12.5 Å². The van der Waals surface area contributed by atoms with Crippen LogP contribution in [0.25, 0.3) is 0 Å². The third kappa shape index (κ3) is 2.49. The molecular weight excluding hydrogens is 240 g/mol. The molecule has 1 N–H and O–H groups in total. The summed E-state index contributed by atoms with van der Waals surface area (Å²) in [4.78, 5) is 4.16. The molecule has 1 unspecified atom stereocenters. The van der Waals surface area contributed by atoms with E-state index < -0.39 is 6.10 Å². The Balaban J connectivity index is 1.80. The number of aliphatic hydroxyl groups excluding tert-OH is 1. The maximum Gasteiger partial charge on any atom is 0.122 e. The van der Waals surface area contributed by atoms with Crippen molar-refractivity contribution in [3.05, 3.63) is 48.0 Å². The number of aromatic nitrogens is 2. The molecule has 1 saturated carbocycles. The van der Waals surface area contributed by atoms with Crippen molar-refractivity contribution >= 4 is 0 Å². The summed E-state index contributed by atoms with van der Waals surface area (Å²) in [5.41, 5.74) is 1.91. The number of hydrogen-bond acceptors (Lipinski definition) is 3. The molecule has 4 heteroatoms. The van der Waals surface area contributed by atoms with E-state index in [2.05, 4.69) is 9.55 Å². The van der Waals surface area contributed by atoms with Gasteiger partial charge in [0.1, 0.15) is 5.75 Å². The summed E-state index contributed by atoms with van der Waals surface area (Å²) in [7, 11) is 1.65. The van der Waals surface area contributed by atoms with E-state index in [1.807, 2.05) is 30.6 Å². The number of para-hydroxylation sites is 1. The fourth-order valence-corrected chi connectivity index (χ4v) is 2.42. The minimum Gasteiger partial charge on any atom is -0.496 e. The molecule has 1 fully saturated rings. The largest absolute Gasteiger partial charge is 0.496 e. The Morgan fingerprint density at radius 2 is 2.21 bits per heavy atom. The summed E-state index contributed by atoms with van der Waals surface area (Å²) in [6.45, 7) is 0. The second-order valence-electron chi connectivity index (χ2n) is 4.99. The zero-order valence-electron chi connectivity index (χ0n) is 11.0. The quantitative estimate of drug-likeness (QED) is 0.896. The number of benzene rings is 1. The van der Waals surface area contributed by atoms with Crippen LogP contribution in [0.3, 0.4) is 0 Å². The van der Waals surface area contributed by atoms with Gasteiger partial charge in [-0.25, -0.2) is 4.98 Å². The monoisotopic (exact) mass is 258 g/mol. The van der Waals surface area contributed by atoms with Crippen LogP contribution in [0.4, 0.5) is 0 Å². The second kappa shape index (κ2) is 5.05. The van der Waals surface area contributed by atoms with Crippen LogP contribution in [0.5, 0.6) is 5.75 Å². The smallest absolute Gasteiger partial charge is 0.122 e. The van der Waals surface area contributed by atoms with Crippen molar-refractivity contribution in [3.8, 4) is 5.75 Å². The highest BCUT2D eigenvalue weighted by Crippen LogP contribution is 2.37. The number of rotatable bonds is 5. The average molecular weight is 258 g/mol. The molecule has 1 aromatic heterocycles. The molecule has 19 heavy (non-hydrogen) atoms. The van der Waals surface area contributed by atoms with Crippen LogP contribution in [0.1, 0.15) is 36.2 Å². The van der Waals surface area contributed by atoms with Gasteiger partial charge >= 0.3 is 0 Å². The van der Waals surface area contributed by atoms with Crippen LogP contribution in [0.2, 0.25) is 0 Å². The summed E-state index contributed by atoms with van der Waals surface area (Å²) in [6.07, 6.45) is 5.95. The lowest BCUT2D eigenvalue weighted by Gasteiger charge is -2.15. The van der Waals surface area contributed by atoms with Gasteiger partial charge in [0, 0.05) is 12.5 Å². The van der Waals surface area contributed by atoms with Gasteiger partial charge in [0.2, 0.25) is 0 Å². The SMILES string of the molecule is COc1ccccc1CC(O)c1cncn1C1CC1. The molecule has 1 atom stereocenters. The lowest BCUT2D eigenvalue weighted by atomic mass is 10.0. The van der Waals surface area contributed by atoms with Gasteiger partial charge in [-0.3, -0.25) is 0 Å². The highest BCUT2D eigenvalue weighted by Gasteiger charge is 2.27. The summed E-state index contributed by atoms with van der Waals surface area (Å²) in [6, 6.07) is 8.33. The molecule has 0 bridgehead atoms. The van der Waals surface area contributed by atoms with Crippen LogP contribution >= 0.6 is 0 Å². The molecular formula is C15H18N2O2. The van der Waals surface area contributed by atoms with Gasteiger partial charge in [0.05, 0.1) is 31.4 Å². The highest BCUT2D eigenvalue weighted by atomic mass is 16.5. The van der Waals surface area contributed by atoms with E-state index in [0.717, 1.165) is 17.0 Å². The van der Waals surface area contributed by atoms with Gasteiger partial charge in [-0.05, 0) is 24.5 Å². The third-order valence-corrected chi connectivity index (χ3v) is 3.58. The summed E-state index contributed by atoms with van der Waals surface area (Å²) in [5, 5.41) is 10.4. The van der Waals surface area contributed by atoms with Crippen LogP contribution in [-0.2, 0) is 6.42 Å². The lowest BCUT2D eigenvalue weighted by Crippen LogP contribution is -2.09. The van der Waals surface area contributed by atoms with Crippen molar-refractivity contribution in [2.75, 3.05) is 7.11 Å². The molecule has 100 valence electrons. The topological polar surface area (TPSA) is 47.3 Å². The summed E-state index contributed by atoms with van der Waals surface area (Å²) < 4.78 is 7.42. The molecule has 4 nitrogen and oxygen atoms in total. The molecule has 0 radical (unpaired) electrons. The van der Waals surface area contributed by atoms with Crippen LogP contribution in [-0.4, -0.2) is 21.8 Å².